The summed E-state index contributed by atoms with van der Waals surface area (Å²) in [6, 6.07) is 9.41. The number of aryl methyl sites for hydroxylation is 2. The highest BCUT2D eigenvalue weighted by Crippen LogP contribution is 2.43. The average Bonchev–Trinajstić information content (AvgIpc) is 3.49. The minimum atomic E-state index is -3.85. The molecule has 0 radical (unpaired) electrons. The molecule has 0 aliphatic carbocycles. The van der Waals surface area contributed by atoms with Gasteiger partial charge in [-0.3, -0.25) is 4.98 Å². The van der Waals surface area contributed by atoms with Crippen LogP contribution in [0.25, 0.3) is 33.2 Å². The van der Waals surface area contributed by atoms with E-state index in [0.29, 0.717) is 42.7 Å². The van der Waals surface area contributed by atoms with Gasteiger partial charge >= 0.3 is 0 Å². The number of hydrogen-bond acceptors (Lipinski definition) is 6. The second-order valence-corrected chi connectivity index (χ2v) is 11.8. The Morgan fingerprint density at radius 1 is 1.13 bits per heavy atom. The van der Waals surface area contributed by atoms with Crippen molar-refractivity contribution in [2.45, 2.75) is 30.6 Å². The molecule has 1 saturated heterocycles. The highest BCUT2D eigenvalue weighted by Gasteiger charge is 2.33. The normalized spacial score (nSPS) is 17.3. The quantitative estimate of drug-likeness (QED) is 0.284. The predicted molar refractivity (Wildman–Crippen MR) is 143 cm³/mol. The van der Waals surface area contributed by atoms with Crippen molar-refractivity contribution in [1.29, 1.82) is 0 Å². The summed E-state index contributed by atoms with van der Waals surface area (Å²) in [6.07, 6.45) is 3.71. The van der Waals surface area contributed by atoms with E-state index < -0.39 is 34.4 Å². The van der Waals surface area contributed by atoms with Crippen molar-refractivity contribution in [1.82, 2.24) is 24.5 Å². The Bertz CT molecular complexity index is 1930. The van der Waals surface area contributed by atoms with Gasteiger partial charge in [-0.15, -0.1) is 5.10 Å². The minimum Gasteiger partial charge on any atom is -0.381 e. The summed E-state index contributed by atoms with van der Waals surface area (Å²) in [7, 11) is -2.30. The molecule has 2 aromatic carbocycles. The smallest absolute Gasteiger partial charge is 0.177 e. The van der Waals surface area contributed by atoms with Gasteiger partial charge in [0, 0.05) is 42.4 Å². The minimum absolute atomic E-state index is 0.0258. The molecular weight excluding hydrogens is 524 g/mol. The number of hydrogen-bond donors (Lipinski definition) is 0. The Morgan fingerprint density at radius 2 is 1.87 bits per heavy atom. The SMILES string of the molecule is [2H]C([2H])([2H])c1nnn(C)c1-c1cnc2c3c(F)ccc(S(C)(=O)=O)c3n([C@H](c3ccc(F)cc3)C3CCOCC3)c2c1. The van der Waals surface area contributed by atoms with Crippen molar-refractivity contribution in [3.05, 3.63) is 71.6 Å². The average molecular weight is 555 g/mol. The van der Waals surface area contributed by atoms with E-state index in [1.54, 1.807) is 29.8 Å². The molecule has 6 rings (SSSR count). The van der Waals surface area contributed by atoms with Crippen molar-refractivity contribution >= 4 is 31.8 Å². The number of fused-ring (bicyclic) bond motifs is 3. The van der Waals surface area contributed by atoms with Crippen molar-refractivity contribution in [3.63, 3.8) is 0 Å². The molecule has 3 aromatic heterocycles. The van der Waals surface area contributed by atoms with Gasteiger partial charge in [0.15, 0.2) is 9.84 Å². The molecule has 0 unspecified atom stereocenters. The molecule has 0 bridgehead atoms. The standard InChI is InChI=1S/C28H27F2N5O3S/c1-16-26(34(2)33-32-16)19-14-22-25(31-15-19)24-21(30)8-9-23(39(3,36)37)28(24)35(22)27(18-10-12-38-13-11-18)17-4-6-20(29)7-5-17/h4-9,14-15,18,27H,10-13H2,1-3H3/t27-/m1/s1/i1D3. The van der Waals surface area contributed by atoms with Crippen molar-refractivity contribution in [2.75, 3.05) is 19.5 Å². The van der Waals surface area contributed by atoms with Crippen molar-refractivity contribution in [3.8, 4) is 11.3 Å². The molecule has 11 heteroatoms. The highest BCUT2D eigenvalue weighted by atomic mass is 32.2. The van der Waals surface area contributed by atoms with Crippen molar-refractivity contribution in [2.24, 2.45) is 13.0 Å². The van der Waals surface area contributed by atoms with Crippen LogP contribution in [-0.2, 0) is 21.6 Å². The van der Waals surface area contributed by atoms with Crippen LogP contribution in [0.4, 0.5) is 8.78 Å². The van der Waals surface area contributed by atoms with Gasteiger partial charge in [0.25, 0.3) is 0 Å². The maximum absolute atomic E-state index is 15.7. The monoisotopic (exact) mass is 554 g/mol. The lowest BCUT2D eigenvalue weighted by atomic mass is 9.86. The highest BCUT2D eigenvalue weighted by molar-refractivity contribution is 7.91. The fourth-order valence-electron chi connectivity index (χ4n) is 5.68. The van der Waals surface area contributed by atoms with E-state index in [9.17, 15) is 12.8 Å². The molecular formula is C28H27F2N5O3S. The Morgan fingerprint density at radius 3 is 2.56 bits per heavy atom. The van der Waals surface area contributed by atoms with Gasteiger partial charge < -0.3 is 9.30 Å². The molecule has 1 atom stereocenters. The molecule has 0 spiro atoms. The molecule has 39 heavy (non-hydrogen) atoms. The van der Waals surface area contributed by atoms with Gasteiger partial charge in [0.05, 0.1) is 44.3 Å². The summed E-state index contributed by atoms with van der Waals surface area (Å²) in [5.41, 5.74) is 1.76. The second-order valence-electron chi connectivity index (χ2n) is 9.86. The molecule has 1 aliphatic heterocycles. The third-order valence-corrected chi connectivity index (χ3v) is 8.53. The summed E-state index contributed by atoms with van der Waals surface area (Å²) in [5, 5.41) is 7.80. The zero-order chi connectivity index (χ0) is 30.0. The van der Waals surface area contributed by atoms with E-state index >= 15 is 4.39 Å². The molecule has 1 fully saturated rings. The first kappa shape index (κ1) is 22.2. The van der Waals surface area contributed by atoms with Crippen LogP contribution in [-0.4, -0.2) is 52.4 Å². The molecule has 0 N–H and O–H groups in total. The first-order valence-electron chi connectivity index (χ1n) is 13.9. The molecule has 202 valence electrons. The van der Waals surface area contributed by atoms with E-state index in [-0.39, 0.29) is 38.6 Å². The summed E-state index contributed by atoms with van der Waals surface area (Å²) in [5.74, 6) is -1.17. The van der Waals surface area contributed by atoms with Crippen LogP contribution in [0.5, 0.6) is 0 Å². The number of sulfone groups is 1. The van der Waals surface area contributed by atoms with Crippen LogP contribution in [0, 0.1) is 24.4 Å². The number of halogens is 2. The summed E-state index contributed by atoms with van der Waals surface area (Å²) >= 11 is 0. The lowest BCUT2D eigenvalue weighted by Gasteiger charge is -2.33. The van der Waals surface area contributed by atoms with Gasteiger partial charge in [-0.2, -0.15) is 0 Å². The predicted octanol–water partition coefficient (Wildman–Crippen LogP) is 4.99. The Labute approximate surface area is 228 Å². The van der Waals surface area contributed by atoms with E-state index in [4.69, 9.17) is 8.85 Å². The topological polar surface area (TPSA) is 91.9 Å². The van der Waals surface area contributed by atoms with Crippen LogP contribution >= 0.6 is 0 Å². The number of pyridine rings is 1. The third kappa shape index (κ3) is 4.29. The fraction of sp³-hybridized carbons (Fsp3) is 0.321. The zero-order valence-electron chi connectivity index (χ0n) is 24.2. The van der Waals surface area contributed by atoms with E-state index in [0.717, 1.165) is 12.3 Å². The molecule has 5 aromatic rings. The summed E-state index contributed by atoms with van der Waals surface area (Å²) in [4.78, 5) is 4.50. The van der Waals surface area contributed by atoms with Gasteiger partial charge in [-0.25, -0.2) is 21.9 Å². The van der Waals surface area contributed by atoms with Crippen LogP contribution in [0.1, 0.15) is 34.3 Å². The lowest BCUT2D eigenvalue weighted by Crippen LogP contribution is -2.27. The Hall–Kier alpha value is -3.70. The molecule has 8 nitrogen and oxygen atoms in total. The maximum atomic E-state index is 15.7. The van der Waals surface area contributed by atoms with E-state index in [2.05, 4.69) is 15.3 Å². The number of ether oxygens (including phenoxy) is 1. The Balaban J connectivity index is 1.77. The first-order chi connectivity index (χ1) is 19.9. The molecule has 4 heterocycles. The first-order valence-corrected chi connectivity index (χ1v) is 14.3. The van der Waals surface area contributed by atoms with Crippen LogP contribution in [0.3, 0.4) is 0 Å². The molecule has 0 amide bonds. The van der Waals surface area contributed by atoms with E-state index in [1.165, 1.54) is 29.1 Å². The van der Waals surface area contributed by atoms with Gasteiger partial charge in [-0.05, 0) is 61.5 Å². The van der Waals surface area contributed by atoms with E-state index in [1.807, 2.05) is 0 Å². The molecule has 1 aliphatic rings. The van der Waals surface area contributed by atoms with Crippen LogP contribution in [0.2, 0.25) is 0 Å². The Kier molecular flexibility index (Phi) is 5.39. The largest absolute Gasteiger partial charge is 0.381 e. The number of benzene rings is 2. The number of nitrogens with zero attached hydrogens (tertiary/aromatic N) is 5. The van der Waals surface area contributed by atoms with Gasteiger partial charge in [0.1, 0.15) is 11.6 Å². The maximum Gasteiger partial charge on any atom is 0.177 e. The summed E-state index contributed by atoms with van der Waals surface area (Å²) in [6.45, 7) is -1.63. The molecule has 0 saturated carbocycles. The fourth-order valence-corrected chi connectivity index (χ4v) is 6.55. The van der Waals surface area contributed by atoms with Gasteiger partial charge in [0.2, 0.25) is 0 Å². The second kappa shape index (κ2) is 9.49. The van der Waals surface area contributed by atoms with Crippen molar-refractivity contribution < 1.29 is 26.0 Å². The van der Waals surface area contributed by atoms with Crippen LogP contribution in [0.15, 0.2) is 53.6 Å². The van der Waals surface area contributed by atoms with Gasteiger partial charge in [-0.1, -0.05) is 17.3 Å². The third-order valence-electron chi connectivity index (χ3n) is 7.40. The number of aromatic nitrogens is 5. The summed E-state index contributed by atoms with van der Waals surface area (Å²) < 4.78 is 88.6. The lowest BCUT2D eigenvalue weighted by molar-refractivity contribution is 0.0552. The van der Waals surface area contributed by atoms with Crippen LogP contribution < -0.4 is 0 Å². The number of rotatable bonds is 5. The zero-order valence-corrected chi connectivity index (χ0v) is 22.0.